The molecule has 1 aliphatic rings. The van der Waals surface area contributed by atoms with Crippen LogP contribution in [-0.4, -0.2) is 33.3 Å². The summed E-state index contributed by atoms with van der Waals surface area (Å²) in [4.78, 5) is 0. The lowest BCUT2D eigenvalue weighted by Gasteiger charge is -2.15. The first-order valence-corrected chi connectivity index (χ1v) is 8.48. The minimum absolute atomic E-state index is 0.115. The Morgan fingerprint density at radius 1 is 1.37 bits per heavy atom. The molecule has 5 heteroatoms. The second kappa shape index (κ2) is 6.50. The van der Waals surface area contributed by atoms with E-state index in [1.807, 2.05) is 37.3 Å². The van der Waals surface area contributed by atoms with Crippen molar-refractivity contribution in [3.8, 4) is 0 Å². The van der Waals surface area contributed by atoms with E-state index in [0.717, 1.165) is 24.9 Å². The fourth-order valence-corrected chi connectivity index (χ4v) is 3.81. The van der Waals surface area contributed by atoms with Gasteiger partial charge >= 0.3 is 0 Å². The molecule has 2 rings (SSSR count). The van der Waals surface area contributed by atoms with Gasteiger partial charge in [0.25, 0.3) is 0 Å². The summed E-state index contributed by atoms with van der Waals surface area (Å²) in [5.41, 5.74) is 1.16. The van der Waals surface area contributed by atoms with E-state index in [-0.39, 0.29) is 17.7 Å². The predicted octanol–water partition coefficient (Wildman–Crippen LogP) is 1.46. The number of benzene rings is 1. The van der Waals surface area contributed by atoms with E-state index < -0.39 is 10.0 Å². The first kappa shape index (κ1) is 14.5. The lowest BCUT2D eigenvalue weighted by atomic mass is 10.0. The molecule has 0 amide bonds. The summed E-state index contributed by atoms with van der Waals surface area (Å²) in [6.45, 7) is 3.42. The van der Waals surface area contributed by atoms with Crippen LogP contribution in [-0.2, 0) is 10.0 Å². The molecule has 0 bridgehead atoms. The molecule has 2 N–H and O–H groups in total. The Kier molecular flexibility index (Phi) is 4.96. The summed E-state index contributed by atoms with van der Waals surface area (Å²) in [6.07, 6.45) is 2.02. The SMILES string of the molecule is CC(CNS(=O)(=O)CC1CCCN1)c1ccccc1. The van der Waals surface area contributed by atoms with Gasteiger partial charge in [-0.25, -0.2) is 13.1 Å². The summed E-state index contributed by atoms with van der Waals surface area (Å²) in [6, 6.07) is 10.1. The molecule has 0 radical (unpaired) electrons. The van der Waals surface area contributed by atoms with Crippen molar-refractivity contribution in [3.63, 3.8) is 0 Å². The van der Waals surface area contributed by atoms with Crippen LogP contribution < -0.4 is 10.0 Å². The highest BCUT2D eigenvalue weighted by Crippen LogP contribution is 2.14. The quantitative estimate of drug-likeness (QED) is 0.830. The molecule has 1 aromatic carbocycles. The monoisotopic (exact) mass is 282 g/mol. The van der Waals surface area contributed by atoms with Crippen LogP contribution in [0.5, 0.6) is 0 Å². The third kappa shape index (κ3) is 4.60. The largest absolute Gasteiger partial charge is 0.313 e. The van der Waals surface area contributed by atoms with Gasteiger partial charge in [-0.1, -0.05) is 37.3 Å². The van der Waals surface area contributed by atoms with Gasteiger partial charge in [-0.05, 0) is 30.9 Å². The molecule has 106 valence electrons. The summed E-state index contributed by atoms with van der Waals surface area (Å²) < 4.78 is 26.7. The van der Waals surface area contributed by atoms with E-state index in [4.69, 9.17) is 0 Å². The van der Waals surface area contributed by atoms with Gasteiger partial charge < -0.3 is 5.32 Å². The molecule has 4 nitrogen and oxygen atoms in total. The summed E-state index contributed by atoms with van der Waals surface area (Å²) >= 11 is 0. The Morgan fingerprint density at radius 2 is 2.11 bits per heavy atom. The van der Waals surface area contributed by atoms with Crippen molar-refractivity contribution < 1.29 is 8.42 Å². The van der Waals surface area contributed by atoms with Gasteiger partial charge in [0.2, 0.25) is 10.0 Å². The maximum absolute atomic E-state index is 12.0. The third-order valence-corrected chi connectivity index (χ3v) is 5.01. The molecule has 2 atom stereocenters. The molecule has 2 unspecified atom stereocenters. The first-order chi connectivity index (χ1) is 9.07. The Morgan fingerprint density at radius 3 is 2.74 bits per heavy atom. The van der Waals surface area contributed by atoms with Crippen molar-refractivity contribution in [2.75, 3.05) is 18.8 Å². The maximum Gasteiger partial charge on any atom is 0.213 e. The van der Waals surface area contributed by atoms with E-state index in [9.17, 15) is 8.42 Å². The lowest BCUT2D eigenvalue weighted by Crippen LogP contribution is -2.37. The third-order valence-electron chi connectivity index (χ3n) is 3.56. The fourth-order valence-electron chi connectivity index (χ4n) is 2.37. The van der Waals surface area contributed by atoms with Crippen LogP contribution in [0.3, 0.4) is 0 Å². The summed E-state index contributed by atoms with van der Waals surface area (Å²) in [5, 5.41) is 3.21. The molecule has 1 aliphatic heterocycles. The van der Waals surface area contributed by atoms with Crippen molar-refractivity contribution in [2.45, 2.75) is 31.7 Å². The van der Waals surface area contributed by atoms with E-state index in [2.05, 4.69) is 10.0 Å². The van der Waals surface area contributed by atoms with E-state index >= 15 is 0 Å². The van der Waals surface area contributed by atoms with E-state index in [1.165, 1.54) is 0 Å². The molecule has 0 spiro atoms. The highest BCUT2D eigenvalue weighted by Gasteiger charge is 2.22. The van der Waals surface area contributed by atoms with Gasteiger partial charge in [0.05, 0.1) is 5.75 Å². The Bertz CT molecular complexity index is 481. The van der Waals surface area contributed by atoms with Gasteiger partial charge in [-0.2, -0.15) is 0 Å². The summed E-state index contributed by atoms with van der Waals surface area (Å²) in [7, 11) is -3.18. The standard InChI is InChI=1S/C14H22N2O2S/c1-12(13-6-3-2-4-7-13)10-16-19(17,18)11-14-8-5-9-15-14/h2-4,6-7,12,14-16H,5,8-11H2,1H3. The molecule has 0 saturated carbocycles. The second-order valence-corrected chi connectivity index (χ2v) is 7.09. The number of hydrogen-bond acceptors (Lipinski definition) is 3. The fraction of sp³-hybridized carbons (Fsp3) is 0.571. The van der Waals surface area contributed by atoms with Crippen LogP contribution in [0.1, 0.15) is 31.2 Å². The van der Waals surface area contributed by atoms with Crippen molar-refractivity contribution in [3.05, 3.63) is 35.9 Å². The zero-order valence-electron chi connectivity index (χ0n) is 11.3. The molecule has 1 saturated heterocycles. The van der Waals surface area contributed by atoms with Gasteiger partial charge in [-0.15, -0.1) is 0 Å². The highest BCUT2D eigenvalue weighted by atomic mass is 32.2. The number of hydrogen-bond donors (Lipinski definition) is 2. The minimum atomic E-state index is -3.18. The zero-order valence-corrected chi connectivity index (χ0v) is 12.1. The number of nitrogens with one attached hydrogen (secondary N) is 2. The average Bonchev–Trinajstić information content (AvgIpc) is 2.89. The van der Waals surface area contributed by atoms with Crippen molar-refractivity contribution in [2.24, 2.45) is 0 Å². The second-order valence-electron chi connectivity index (χ2n) is 5.23. The molecule has 0 aromatic heterocycles. The minimum Gasteiger partial charge on any atom is -0.313 e. The molecule has 1 heterocycles. The van der Waals surface area contributed by atoms with Crippen LogP contribution >= 0.6 is 0 Å². The number of sulfonamides is 1. The molecule has 1 fully saturated rings. The van der Waals surface area contributed by atoms with Crippen LogP contribution in [0.2, 0.25) is 0 Å². The topological polar surface area (TPSA) is 58.2 Å². The molecule has 19 heavy (non-hydrogen) atoms. The van der Waals surface area contributed by atoms with Crippen LogP contribution in [0.25, 0.3) is 0 Å². The smallest absolute Gasteiger partial charge is 0.213 e. The Hall–Kier alpha value is -0.910. The Balaban J connectivity index is 1.83. The zero-order chi connectivity index (χ0) is 13.7. The van der Waals surface area contributed by atoms with Gasteiger partial charge in [0.1, 0.15) is 0 Å². The van der Waals surface area contributed by atoms with Crippen molar-refractivity contribution in [1.82, 2.24) is 10.0 Å². The van der Waals surface area contributed by atoms with Gasteiger partial charge in [0.15, 0.2) is 0 Å². The lowest BCUT2D eigenvalue weighted by molar-refractivity contribution is 0.558. The predicted molar refractivity (Wildman–Crippen MR) is 77.7 cm³/mol. The molecule has 0 aliphatic carbocycles. The normalized spacial score (nSPS) is 21.4. The summed E-state index contributed by atoms with van der Waals surface area (Å²) in [5.74, 6) is 0.377. The van der Waals surface area contributed by atoms with Crippen LogP contribution in [0.4, 0.5) is 0 Å². The van der Waals surface area contributed by atoms with Crippen LogP contribution in [0.15, 0.2) is 30.3 Å². The van der Waals surface area contributed by atoms with E-state index in [1.54, 1.807) is 0 Å². The highest BCUT2D eigenvalue weighted by molar-refractivity contribution is 7.89. The molecular formula is C14H22N2O2S. The van der Waals surface area contributed by atoms with Crippen molar-refractivity contribution >= 4 is 10.0 Å². The van der Waals surface area contributed by atoms with Crippen LogP contribution in [0, 0.1) is 0 Å². The Labute approximate surface area is 115 Å². The average molecular weight is 282 g/mol. The van der Waals surface area contributed by atoms with Gasteiger partial charge in [-0.3, -0.25) is 0 Å². The van der Waals surface area contributed by atoms with Gasteiger partial charge in [0, 0.05) is 12.6 Å². The maximum atomic E-state index is 12.0. The molecular weight excluding hydrogens is 260 g/mol. The molecule has 1 aromatic rings. The first-order valence-electron chi connectivity index (χ1n) is 6.82. The van der Waals surface area contributed by atoms with Crippen molar-refractivity contribution in [1.29, 1.82) is 0 Å². The van der Waals surface area contributed by atoms with E-state index in [0.29, 0.717) is 6.54 Å². The number of rotatable bonds is 6.